The Labute approximate surface area is 147 Å². The minimum Gasteiger partial charge on any atom is -0.388 e. The topological polar surface area (TPSA) is 74.5 Å². The van der Waals surface area contributed by atoms with E-state index in [1.54, 1.807) is 0 Å². The fraction of sp³-hybridized carbons (Fsp3) is 0.500. The Bertz CT molecular complexity index is 748. The number of benzene rings is 1. The van der Waals surface area contributed by atoms with Crippen LogP contribution in [0.5, 0.6) is 0 Å². The monoisotopic (exact) mass is 343 g/mol. The van der Waals surface area contributed by atoms with E-state index in [0.29, 0.717) is 18.9 Å². The predicted molar refractivity (Wildman–Crippen MR) is 95.6 cm³/mol. The molecule has 1 aliphatic rings. The minimum atomic E-state index is -0.109. The Balaban J connectivity index is 1.70. The smallest absolute Gasteiger partial charge is 0.255 e. The highest BCUT2D eigenvalue weighted by Crippen LogP contribution is 2.29. The van der Waals surface area contributed by atoms with Gasteiger partial charge in [0.2, 0.25) is 0 Å². The molecule has 0 saturated carbocycles. The van der Waals surface area contributed by atoms with Crippen LogP contribution in [0.3, 0.4) is 0 Å². The summed E-state index contributed by atoms with van der Waals surface area (Å²) in [6, 6.07) is 7.71. The molecule has 1 amide bonds. The molecular formula is C18H25N5O2. The van der Waals surface area contributed by atoms with Gasteiger partial charge in [0, 0.05) is 45.8 Å². The first-order chi connectivity index (χ1) is 12.0. The average Bonchev–Trinajstić information content (AvgIpc) is 3.01. The van der Waals surface area contributed by atoms with Gasteiger partial charge in [0.15, 0.2) is 5.82 Å². The number of aliphatic hydroxyl groups excluding tert-OH is 1. The zero-order valence-electron chi connectivity index (χ0n) is 15.0. The van der Waals surface area contributed by atoms with Crippen molar-refractivity contribution in [3.8, 4) is 0 Å². The summed E-state index contributed by atoms with van der Waals surface area (Å²) in [5, 5.41) is 17.5. The summed E-state index contributed by atoms with van der Waals surface area (Å²) in [4.78, 5) is 16.8. The molecule has 7 nitrogen and oxygen atoms in total. The number of hydrogen-bond donors (Lipinski definition) is 1. The summed E-state index contributed by atoms with van der Waals surface area (Å²) < 4.78 is 1.86. The van der Waals surface area contributed by atoms with Gasteiger partial charge in [0.25, 0.3) is 5.91 Å². The van der Waals surface area contributed by atoms with Crippen molar-refractivity contribution in [2.75, 3.05) is 32.1 Å². The molecule has 0 radical (unpaired) electrons. The zero-order valence-corrected chi connectivity index (χ0v) is 15.0. The first kappa shape index (κ1) is 17.4. The summed E-state index contributed by atoms with van der Waals surface area (Å²) >= 11 is 0. The maximum atomic E-state index is 12.9. The number of aliphatic hydroxyl groups is 1. The largest absolute Gasteiger partial charge is 0.388 e. The summed E-state index contributed by atoms with van der Waals surface area (Å²) in [7, 11) is 5.78. The number of carbonyl (C=O) groups excluding carboxylic acids is 1. The van der Waals surface area contributed by atoms with Crippen LogP contribution in [0.25, 0.3) is 0 Å². The van der Waals surface area contributed by atoms with E-state index >= 15 is 0 Å². The molecule has 0 atom stereocenters. The van der Waals surface area contributed by atoms with Gasteiger partial charge in [-0.15, -0.1) is 10.2 Å². The third-order valence-corrected chi connectivity index (χ3v) is 4.90. The van der Waals surface area contributed by atoms with Crippen molar-refractivity contribution in [2.45, 2.75) is 25.4 Å². The number of aromatic nitrogens is 3. The first-order valence-corrected chi connectivity index (χ1v) is 8.57. The van der Waals surface area contributed by atoms with E-state index in [9.17, 15) is 9.90 Å². The van der Waals surface area contributed by atoms with Gasteiger partial charge in [0.1, 0.15) is 12.4 Å². The Morgan fingerprint density at radius 3 is 2.52 bits per heavy atom. The molecule has 0 spiro atoms. The van der Waals surface area contributed by atoms with E-state index in [2.05, 4.69) is 10.2 Å². The third kappa shape index (κ3) is 3.37. The molecule has 7 heteroatoms. The lowest BCUT2D eigenvalue weighted by Gasteiger charge is -2.32. The van der Waals surface area contributed by atoms with Crippen molar-refractivity contribution < 1.29 is 9.90 Å². The predicted octanol–water partition coefficient (Wildman–Crippen LogP) is 1.39. The molecule has 1 aromatic carbocycles. The van der Waals surface area contributed by atoms with Gasteiger partial charge in [-0.25, -0.2) is 0 Å². The van der Waals surface area contributed by atoms with Crippen LogP contribution >= 0.6 is 0 Å². The number of likely N-dealkylation sites (tertiary alicyclic amines) is 1. The molecule has 0 unspecified atom stereocenters. The van der Waals surface area contributed by atoms with E-state index in [4.69, 9.17) is 0 Å². The second-order valence-corrected chi connectivity index (χ2v) is 6.67. The van der Waals surface area contributed by atoms with Crippen molar-refractivity contribution in [3.05, 3.63) is 41.5 Å². The van der Waals surface area contributed by atoms with Crippen molar-refractivity contribution in [1.29, 1.82) is 0 Å². The number of amides is 1. The van der Waals surface area contributed by atoms with Crippen molar-refractivity contribution in [2.24, 2.45) is 7.05 Å². The number of rotatable bonds is 4. The maximum absolute atomic E-state index is 12.9. The Morgan fingerprint density at radius 2 is 1.92 bits per heavy atom. The van der Waals surface area contributed by atoms with Crippen LogP contribution in [-0.2, 0) is 13.7 Å². The van der Waals surface area contributed by atoms with Gasteiger partial charge in [-0.2, -0.15) is 0 Å². The van der Waals surface area contributed by atoms with E-state index in [0.717, 1.165) is 29.9 Å². The fourth-order valence-corrected chi connectivity index (χ4v) is 3.42. The van der Waals surface area contributed by atoms with Gasteiger partial charge in [0.05, 0.1) is 5.56 Å². The Morgan fingerprint density at radius 1 is 1.24 bits per heavy atom. The van der Waals surface area contributed by atoms with E-state index in [-0.39, 0.29) is 18.4 Å². The number of anilines is 1. The molecular weight excluding hydrogens is 318 g/mol. The van der Waals surface area contributed by atoms with E-state index in [1.165, 1.54) is 0 Å². The summed E-state index contributed by atoms with van der Waals surface area (Å²) in [6.07, 6.45) is 1.71. The molecule has 134 valence electrons. The number of nitrogens with zero attached hydrogens (tertiary/aromatic N) is 5. The fourth-order valence-electron chi connectivity index (χ4n) is 3.42. The third-order valence-electron chi connectivity index (χ3n) is 4.90. The quantitative estimate of drug-likeness (QED) is 0.908. The van der Waals surface area contributed by atoms with Crippen LogP contribution in [0.1, 0.15) is 40.8 Å². The minimum absolute atomic E-state index is 0.0803. The molecule has 1 saturated heterocycles. The van der Waals surface area contributed by atoms with Crippen LogP contribution in [0.2, 0.25) is 0 Å². The van der Waals surface area contributed by atoms with Gasteiger partial charge in [-0.1, -0.05) is 12.1 Å². The summed E-state index contributed by atoms with van der Waals surface area (Å²) in [5.41, 5.74) is 1.68. The van der Waals surface area contributed by atoms with Gasteiger partial charge in [-0.05, 0) is 25.0 Å². The number of carbonyl (C=O) groups is 1. The highest BCUT2D eigenvalue weighted by atomic mass is 16.3. The second kappa shape index (κ2) is 7.23. The lowest BCUT2D eigenvalue weighted by atomic mass is 9.95. The Kier molecular flexibility index (Phi) is 5.03. The number of para-hydroxylation sites is 1. The van der Waals surface area contributed by atoms with Crippen molar-refractivity contribution >= 4 is 11.6 Å². The molecule has 3 rings (SSSR count). The number of piperidine rings is 1. The normalized spacial score (nSPS) is 15.4. The molecule has 0 bridgehead atoms. The lowest BCUT2D eigenvalue weighted by molar-refractivity contribution is 0.0711. The molecule has 0 aliphatic carbocycles. The zero-order chi connectivity index (χ0) is 18.0. The molecule has 1 aliphatic heterocycles. The van der Waals surface area contributed by atoms with Crippen molar-refractivity contribution in [1.82, 2.24) is 19.7 Å². The molecule has 1 N–H and O–H groups in total. The molecule has 2 heterocycles. The van der Waals surface area contributed by atoms with Crippen LogP contribution < -0.4 is 4.90 Å². The van der Waals surface area contributed by atoms with E-state index < -0.39 is 0 Å². The maximum Gasteiger partial charge on any atom is 0.255 e. The lowest BCUT2D eigenvalue weighted by Crippen LogP contribution is -2.39. The molecule has 1 aromatic heterocycles. The average molecular weight is 343 g/mol. The molecule has 2 aromatic rings. The van der Waals surface area contributed by atoms with Crippen LogP contribution in [-0.4, -0.2) is 57.9 Å². The van der Waals surface area contributed by atoms with E-state index in [1.807, 2.05) is 59.8 Å². The van der Waals surface area contributed by atoms with Crippen LogP contribution in [0.4, 0.5) is 5.69 Å². The van der Waals surface area contributed by atoms with Crippen LogP contribution in [0.15, 0.2) is 24.3 Å². The van der Waals surface area contributed by atoms with Gasteiger partial charge in [-0.3, -0.25) is 4.79 Å². The first-order valence-electron chi connectivity index (χ1n) is 8.57. The van der Waals surface area contributed by atoms with Crippen LogP contribution in [0, 0.1) is 0 Å². The molecule has 25 heavy (non-hydrogen) atoms. The Hall–Kier alpha value is -2.41. The summed E-state index contributed by atoms with van der Waals surface area (Å²) in [5.74, 6) is 1.82. The standard InChI is InChI=1S/C18H25N5O2/c1-21(2)15-7-5-4-6-14(15)18(25)23-10-8-13(9-11-23)17-20-19-16(12-24)22(17)3/h4-7,13,24H,8-12H2,1-3H3. The highest BCUT2D eigenvalue weighted by molar-refractivity contribution is 5.99. The second-order valence-electron chi connectivity index (χ2n) is 6.67. The van der Waals surface area contributed by atoms with Crippen molar-refractivity contribution in [3.63, 3.8) is 0 Å². The summed E-state index contributed by atoms with van der Waals surface area (Å²) in [6.45, 7) is 1.29. The number of hydrogen-bond acceptors (Lipinski definition) is 5. The van der Waals surface area contributed by atoms with Gasteiger partial charge >= 0.3 is 0 Å². The molecule has 1 fully saturated rings. The highest BCUT2D eigenvalue weighted by Gasteiger charge is 2.28. The SMILES string of the molecule is CN(C)c1ccccc1C(=O)N1CCC(c2nnc(CO)n2C)CC1. The van der Waals surface area contributed by atoms with Gasteiger partial charge < -0.3 is 19.5 Å².